The van der Waals surface area contributed by atoms with Crippen LogP contribution in [-0.4, -0.2) is 45.2 Å². The Morgan fingerprint density at radius 3 is 2.56 bits per heavy atom. The summed E-state index contributed by atoms with van der Waals surface area (Å²) in [6.45, 7) is 2.33. The monoisotopic (exact) mass is 249 g/mol. The van der Waals surface area contributed by atoms with Crippen molar-refractivity contribution in [3.8, 4) is 5.75 Å². The first kappa shape index (κ1) is 13.0. The zero-order valence-corrected chi connectivity index (χ0v) is 11.5. The van der Waals surface area contributed by atoms with E-state index in [1.165, 1.54) is 31.6 Å². The second-order valence-electron chi connectivity index (χ2n) is 5.07. The molecule has 1 aromatic carbocycles. The Labute approximate surface area is 109 Å². The van der Waals surface area contributed by atoms with Gasteiger partial charge in [0.05, 0.1) is 12.8 Å². The van der Waals surface area contributed by atoms with Crippen LogP contribution >= 0.6 is 0 Å². The molecule has 0 aromatic heterocycles. The summed E-state index contributed by atoms with van der Waals surface area (Å²) >= 11 is 0. The summed E-state index contributed by atoms with van der Waals surface area (Å²) in [6.07, 6.45) is 2.41. The number of ether oxygens (including phenoxy) is 1. The average molecular weight is 249 g/mol. The van der Waals surface area contributed by atoms with E-state index in [-0.39, 0.29) is 0 Å². The zero-order chi connectivity index (χ0) is 13.1. The van der Waals surface area contributed by atoms with E-state index in [0.29, 0.717) is 11.7 Å². The molecule has 0 aliphatic carbocycles. The number of hydrogen-bond acceptors (Lipinski definition) is 4. The van der Waals surface area contributed by atoms with Crippen LogP contribution in [0.15, 0.2) is 18.2 Å². The van der Waals surface area contributed by atoms with Crippen LogP contribution in [0.25, 0.3) is 0 Å². The largest absolute Gasteiger partial charge is 0.495 e. The van der Waals surface area contributed by atoms with Gasteiger partial charge in [0.25, 0.3) is 0 Å². The molecule has 1 aliphatic rings. The molecular formula is C14H23N3O. The number of anilines is 2. The van der Waals surface area contributed by atoms with Crippen molar-refractivity contribution in [2.75, 3.05) is 44.9 Å². The fourth-order valence-corrected chi connectivity index (χ4v) is 2.53. The fraction of sp³-hybridized carbons (Fsp3) is 0.571. The predicted molar refractivity (Wildman–Crippen MR) is 76.3 cm³/mol. The molecule has 0 atom stereocenters. The van der Waals surface area contributed by atoms with E-state index in [9.17, 15) is 0 Å². The lowest BCUT2D eigenvalue weighted by Crippen LogP contribution is -2.42. The van der Waals surface area contributed by atoms with Gasteiger partial charge in [-0.05, 0) is 51.2 Å². The number of benzene rings is 1. The number of nitrogens with two attached hydrogens (primary N) is 1. The molecule has 1 fully saturated rings. The van der Waals surface area contributed by atoms with Gasteiger partial charge in [0.15, 0.2) is 0 Å². The third-order valence-electron chi connectivity index (χ3n) is 3.86. The van der Waals surface area contributed by atoms with Crippen molar-refractivity contribution in [3.05, 3.63) is 18.2 Å². The van der Waals surface area contributed by atoms with Gasteiger partial charge in [-0.2, -0.15) is 0 Å². The Hall–Kier alpha value is -1.42. The van der Waals surface area contributed by atoms with Crippen LogP contribution in [0.1, 0.15) is 12.8 Å². The van der Waals surface area contributed by atoms with E-state index >= 15 is 0 Å². The summed E-state index contributed by atoms with van der Waals surface area (Å²) in [5.41, 5.74) is 7.83. The summed E-state index contributed by atoms with van der Waals surface area (Å²) in [4.78, 5) is 4.72. The number of nitrogens with zero attached hydrogens (tertiary/aromatic N) is 2. The van der Waals surface area contributed by atoms with Crippen molar-refractivity contribution >= 4 is 11.4 Å². The van der Waals surface area contributed by atoms with Crippen molar-refractivity contribution < 1.29 is 4.74 Å². The first-order valence-corrected chi connectivity index (χ1v) is 6.46. The zero-order valence-electron chi connectivity index (χ0n) is 11.5. The quantitative estimate of drug-likeness (QED) is 0.830. The number of likely N-dealkylation sites (tertiary alicyclic amines) is 1. The van der Waals surface area contributed by atoms with Crippen LogP contribution in [-0.2, 0) is 0 Å². The molecule has 0 radical (unpaired) electrons. The van der Waals surface area contributed by atoms with E-state index in [4.69, 9.17) is 10.5 Å². The number of piperidine rings is 1. The SMILES string of the molecule is COc1ccc(N(C)C2CCN(C)CC2)cc1N. The maximum atomic E-state index is 5.96. The van der Waals surface area contributed by atoms with Crippen molar-refractivity contribution in [2.24, 2.45) is 0 Å². The lowest BCUT2D eigenvalue weighted by molar-refractivity contribution is 0.253. The minimum atomic E-state index is 0.606. The molecule has 0 saturated carbocycles. The molecule has 2 N–H and O–H groups in total. The topological polar surface area (TPSA) is 41.7 Å². The molecule has 0 unspecified atom stereocenters. The van der Waals surface area contributed by atoms with Crippen molar-refractivity contribution in [3.63, 3.8) is 0 Å². The molecule has 0 bridgehead atoms. The molecule has 4 nitrogen and oxygen atoms in total. The molecule has 0 amide bonds. The molecule has 1 saturated heterocycles. The minimum Gasteiger partial charge on any atom is -0.495 e. The standard InChI is InChI=1S/C14H23N3O/c1-16-8-6-11(7-9-16)17(2)12-4-5-14(18-3)13(15)10-12/h4-5,10-11H,6-9,15H2,1-3H3. The van der Waals surface area contributed by atoms with Gasteiger partial charge in [-0.1, -0.05) is 0 Å². The van der Waals surface area contributed by atoms with Gasteiger partial charge >= 0.3 is 0 Å². The van der Waals surface area contributed by atoms with Crippen LogP contribution < -0.4 is 15.4 Å². The third kappa shape index (κ3) is 2.70. The Balaban J connectivity index is 2.08. The normalized spacial score (nSPS) is 17.7. The van der Waals surface area contributed by atoms with Crippen LogP contribution in [0.3, 0.4) is 0 Å². The Morgan fingerprint density at radius 2 is 2.00 bits per heavy atom. The molecule has 1 aliphatic heterocycles. The lowest BCUT2D eigenvalue weighted by Gasteiger charge is -2.36. The highest BCUT2D eigenvalue weighted by Crippen LogP contribution is 2.29. The van der Waals surface area contributed by atoms with E-state index in [2.05, 4.69) is 30.0 Å². The Kier molecular flexibility index (Phi) is 3.97. The third-order valence-corrected chi connectivity index (χ3v) is 3.86. The first-order valence-electron chi connectivity index (χ1n) is 6.46. The van der Waals surface area contributed by atoms with Gasteiger partial charge in [0.2, 0.25) is 0 Å². The van der Waals surface area contributed by atoms with Gasteiger partial charge in [0.1, 0.15) is 5.75 Å². The summed E-state index contributed by atoms with van der Waals surface area (Å²) < 4.78 is 5.19. The second kappa shape index (κ2) is 5.48. The van der Waals surface area contributed by atoms with Gasteiger partial charge in [-0.15, -0.1) is 0 Å². The number of hydrogen-bond donors (Lipinski definition) is 1. The van der Waals surface area contributed by atoms with E-state index in [1.54, 1.807) is 7.11 Å². The molecule has 0 spiro atoms. The predicted octanol–water partition coefficient (Wildman–Crippen LogP) is 1.81. The van der Waals surface area contributed by atoms with Crippen LogP contribution in [0.4, 0.5) is 11.4 Å². The Bertz CT molecular complexity index is 400. The van der Waals surface area contributed by atoms with Crippen LogP contribution in [0.2, 0.25) is 0 Å². The lowest BCUT2D eigenvalue weighted by atomic mass is 10.0. The highest BCUT2D eigenvalue weighted by atomic mass is 16.5. The number of methoxy groups -OCH3 is 1. The smallest absolute Gasteiger partial charge is 0.141 e. The van der Waals surface area contributed by atoms with E-state index in [0.717, 1.165) is 5.75 Å². The molecule has 1 heterocycles. The average Bonchev–Trinajstić information content (AvgIpc) is 2.38. The van der Waals surface area contributed by atoms with Gasteiger partial charge < -0.3 is 20.3 Å². The van der Waals surface area contributed by atoms with Crippen LogP contribution in [0.5, 0.6) is 5.75 Å². The van der Waals surface area contributed by atoms with E-state index in [1.807, 2.05) is 12.1 Å². The molecule has 4 heteroatoms. The van der Waals surface area contributed by atoms with Gasteiger partial charge in [0, 0.05) is 18.8 Å². The van der Waals surface area contributed by atoms with Crippen molar-refractivity contribution in [2.45, 2.75) is 18.9 Å². The maximum Gasteiger partial charge on any atom is 0.141 e. The van der Waals surface area contributed by atoms with Crippen molar-refractivity contribution in [1.29, 1.82) is 0 Å². The van der Waals surface area contributed by atoms with Gasteiger partial charge in [-0.25, -0.2) is 0 Å². The van der Waals surface area contributed by atoms with Crippen LogP contribution in [0, 0.1) is 0 Å². The number of rotatable bonds is 3. The highest BCUT2D eigenvalue weighted by Gasteiger charge is 2.21. The fourth-order valence-electron chi connectivity index (χ4n) is 2.53. The molecule has 2 rings (SSSR count). The minimum absolute atomic E-state index is 0.606. The molecule has 1 aromatic rings. The second-order valence-corrected chi connectivity index (χ2v) is 5.07. The Morgan fingerprint density at radius 1 is 1.33 bits per heavy atom. The summed E-state index contributed by atoms with van der Waals surface area (Å²) in [7, 11) is 5.98. The molecule has 18 heavy (non-hydrogen) atoms. The van der Waals surface area contributed by atoms with E-state index < -0.39 is 0 Å². The maximum absolute atomic E-state index is 5.96. The summed E-state index contributed by atoms with van der Waals surface area (Å²) in [6, 6.07) is 6.62. The van der Waals surface area contributed by atoms with Crippen molar-refractivity contribution in [1.82, 2.24) is 4.90 Å². The summed E-state index contributed by atoms with van der Waals surface area (Å²) in [5.74, 6) is 0.746. The molecule has 100 valence electrons. The first-order chi connectivity index (χ1) is 8.61. The van der Waals surface area contributed by atoms with Gasteiger partial charge in [-0.3, -0.25) is 0 Å². The number of nitrogen functional groups attached to an aromatic ring is 1. The molecular weight excluding hydrogens is 226 g/mol. The summed E-state index contributed by atoms with van der Waals surface area (Å²) in [5, 5.41) is 0. The highest BCUT2D eigenvalue weighted by molar-refractivity contribution is 5.63.